The van der Waals surface area contributed by atoms with Gasteiger partial charge in [0.05, 0.1) is 11.4 Å². The Morgan fingerprint density at radius 1 is 1.19 bits per heavy atom. The summed E-state index contributed by atoms with van der Waals surface area (Å²) in [6, 6.07) is 15.8. The molecule has 0 atom stereocenters. The van der Waals surface area contributed by atoms with Gasteiger partial charge in [0.25, 0.3) is 0 Å². The first kappa shape index (κ1) is 18.1. The summed E-state index contributed by atoms with van der Waals surface area (Å²) < 4.78 is 14.9. The number of hydrogen-bond acceptors (Lipinski definition) is 5. The number of halogens is 1. The van der Waals surface area contributed by atoms with Gasteiger partial charge in [0.15, 0.2) is 0 Å². The molecule has 1 aromatic heterocycles. The highest BCUT2D eigenvalue weighted by Gasteiger charge is 2.16. The Kier molecular flexibility index (Phi) is 5.96. The number of nitrogens with zero attached hydrogens (tertiary/aromatic N) is 5. The smallest absolute Gasteiger partial charge is 0.233 e. The van der Waals surface area contributed by atoms with Crippen LogP contribution < -0.4 is 0 Å². The summed E-state index contributed by atoms with van der Waals surface area (Å²) in [4.78, 5) is 14.2. The maximum atomic E-state index is 13.3. The van der Waals surface area contributed by atoms with Crippen molar-refractivity contribution in [1.29, 1.82) is 0 Å². The molecule has 0 aliphatic carbocycles. The minimum atomic E-state index is -0.303. The Balaban J connectivity index is 1.64. The standard InChI is InChI=1S/C18H18FN5OS/c1-2-23(12-14-7-6-8-15(19)11-14)17(25)13-26-18-20-21-22-24(18)16-9-4-3-5-10-16/h3-11H,2,12-13H2,1H3. The Morgan fingerprint density at radius 3 is 2.73 bits per heavy atom. The largest absolute Gasteiger partial charge is 0.338 e. The third-order valence-corrected chi connectivity index (χ3v) is 4.67. The lowest BCUT2D eigenvalue weighted by Crippen LogP contribution is -2.31. The van der Waals surface area contributed by atoms with E-state index >= 15 is 0 Å². The summed E-state index contributed by atoms with van der Waals surface area (Å²) in [6.45, 7) is 2.81. The molecule has 0 unspecified atom stereocenters. The van der Waals surface area contributed by atoms with Crippen molar-refractivity contribution in [2.24, 2.45) is 0 Å². The van der Waals surface area contributed by atoms with E-state index in [0.29, 0.717) is 18.2 Å². The predicted molar refractivity (Wildman–Crippen MR) is 97.4 cm³/mol. The fourth-order valence-electron chi connectivity index (χ4n) is 2.45. The zero-order chi connectivity index (χ0) is 18.4. The van der Waals surface area contributed by atoms with Crippen molar-refractivity contribution in [1.82, 2.24) is 25.1 Å². The quantitative estimate of drug-likeness (QED) is 0.598. The van der Waals surface area contributed by atoms with Crippen LogP contribution in [0.2, 0.25) is 0 Å². The lowest BCUT2D eigenvalue weighted by Gasteiger charge is -2.20. The monoisotopic (exact) mass is 371 g/mol. The molecule has 0 aliphatic rings. The van der Waals surface area contributed by atoms with Crippen LogP contribution in [0.25, 0.3) is 5.69 Å². The molecular formula is C18H18FN5OS. The second kappa shape index (κ2) is 8.57. The van der Waals surface area contributed by atoms with E-state index in [1.165, 1.54) is 23.9 Å². The number of hydrogen-bond donors (Lipinski definition) is 0. The number of carbonyl (C=O) groups is 1. The highest BCUT2D eigenvalue weighted by atomic mass is 32.2. The lowest BCUT2D eigenvalue weighted by molar-refractivity contribution is -0.128. The van der Waals surface area contributed by atoms with E-state index in [4.69, 9.17) is 0 Å². The molecule has 0 spiro atoms. The highest BCUT2D eigenvalue weighted by molar-refractivity contribution is 7.99. The average molecular weight is 371 g/mol. The van der Waals surface area contributed by atoms with Crippen molar-refractivity contribution in [3.05, 3.63) is 66.0 Å². The number of benzene rings is 2. The van der Waals surface area contributed by atoms with Crippen molar-refractivity contribution in [3.63, 3.8) is 0 Å². The van der Waals surface area contributed by atoms with Gasteiger partial charge in [-0.2, -0.15) is 4.68 Å². The summed E-state index contributed by atoms with van der Waals surface area (Å²) in [5.41, 5.74) is 1.60. The van der Waals surface area contributed by atoms with Crippen LogP contribution in [0.15, 0.2) is 59.8 Å². The Hall–Kier alpha value is -2.74. The van der Waals surface area contributed by atoms with Crippen LogP contribution in [-0.4, -0.2) is 43.3 Å². The molecule has 0 N–H and O–H groups in total. The molecule has 0 bridgehead atoms. The van der Waals surface area contributed by atoms with Crippen LogP contribution in [0.1, 0.15) is 12.5 Å². The van der Waals surface area contributed by atoms with Crippen LogP contribution in [0, 0.1) is 5.82 Å². The van der Waals surface area contributed by atoms with Gasteiger partial charge in [0.1, 0.15) is 5.82 Å². The molecule has 6 nitrogen and oxygen atoms in total. The van der Waals surface area contributed by atoms with Crippen molar-refractivity contribution < 1.29 is 9.18 Å². The molecule has 3 aromatic rings. The van der Waals surface area contributed by atoms with Crippen LogP contribution in [0.5, 0.6) is 0 Å². The Labute approximate surface area is 155 Å². The van der Waals surface area contributed by atoms with Crippen molar-refractivity contribution in [2.75, 3.05) is 12.3 Å². The summed E-state index contributed by atoms with van der Waals surface area (Å²) in [5.74, 6) is -0.150. The van der Waals surface area contributed by atoms with Gasteiger partial charge in [-0.1, -0.05) is 42.1 Å². The molecule has 1 amide bonds. The molecule has 134 valence electrons. The molecule has 3 rings (SSSR count). The van der Waals surface area contributed by atoms with E-state index in [9.17, 15) is 9.18 Å². The summed E-state index contributed by atoms with van der Waals surface area (Å²) >= 11 is 1.28. The molecule has 2 aromatic carbocycles. The third kappa shape index (κ3) is 4.45. The molecule has 0 fully saturated rings. The van der Waals surface area contributed by atoms with Gasteiger partial charge in [0.2, 0.25) is 11.1 Å². The number of aromatic nitrogens is 4. The lowest BCUT2D eigenvalue weighted by atomic mass is 10.2. The first-order valence-electron chi connectivity index (χ1n) is 8.16. The molecular weight excluding hydrogens is 353 g/mol. The van der Waals surface area contributed by atoms with Crippen molar-refractivity contribution in [2.45, 2.75) is 18.6 Å². The van der Waals surface area contributed by atoms with Gasteiger partial charge in [-0.15, -0.1) is 5.10 Å². The van der Waals surface area contributed by atoms with E-state index in [0.717, 1.165) is 11.3 Å². The molecule has 1 heterocycles. The second-order valence-corrected chi connectivity index (χ2v) is 6.48. The van der Waals surface area contributed by atoms with Gasteiger partial charge < -0.3 is 4.90 Å². The first-order chi connectivity index (χ1) is 12.7. The van der Waals surface area contributed by atoms with Crippen molar-refractivity contribution >= 4 is 17.7 Å². The Morgan fingerprint density at radius 2 is 2.00 bits per heavy atom. The summed E-state index contributed by atoms with van der Waals surface area (Å²) in [7, 11) is 0. The van der Waals surface area contributed by atoms with Crippen LogP contribution in [0.4, 0.5) is 4.39 Å². The molecule has 0 aliphatic heterocycles. The fraction of sp³-hybridized carbons (Fsp3) is 0.222. The predicted octanol–water partition coefficient (Wildman–Crippen LogP) is 2.94. The minimum absolute atomic E-state index is 0.0515. The number of rotatable bonds is 7. The van der Waals surface area contributed by atoms with Gasteiger partial charge in [-0.3, -0.25) is 4.79 Å². The zero-order valence-electron chi connectivity index (χ0n) is 14.2. The normalized spacial score (nSPS) is 10.7. The van der Waals surface area contributed by atoms with Gasteiger partial charge >= 0.3 is 0 Å². The highest BCUT2D eigenvalue weighted by Crippen LogP contribution is 2.19. The summed E-state index contributed by atoms with van der Waals surface area (Å²) in [5, 5.41) is 12.2. The zero-order valence-corrected chi connectivity index (χ0v) is 15.1. The van der Waals surface area contributed by atoms with Crippen LogP contribution >= 0.6 is 11.8 Å². The Bertz CT molecular complexity index is 871. The molecule has 0 saturated heterocycles. The maximum absolute atomic E-state index is 13.3. The number of carbonyl (C=O) groups excluding carboxylic acids is 1. The molecule has 0 radical (unpaired) electrons. The van der Waals surface area contributed by atoms with E-state index in [-0.39, 0.29) is 17.5 Å². The van der Waals surface area contributed by atoms with Crippen molar-refractivity contribution in [3.8, 4) is 5.69 Å². The average Bonchev–Trinajstić information content (AvgIpc) is 3.13. The number of tetrazole rings is 1. The van der Waals surface area contributed by atoms with Crippen LogP contribution in [-0.2, 0) is 11.3 Å². The van der Waals surface area contributed by atoms with E-state index in [1.54, 1.807) is 15.6 Å². The maximum Gasteiger partial charge on any atom is 0.233 e. The number of amides is 1. The van der Waals surface area contributed by atoms with E-state index in [2.05, 4.69) is 15.5 Å². The first-order valence-corrected chi connectivity index (χ1v) is 9.14. The SMILES string of the molecule is CCN(Cc1cccc(F)c1)C(=O)CSc1nnnn1-c1ccccc1. The number of thioether (sulfide) groups is 1. The molecule has 8 heteroatoms. The topological polar surface area (TPSA) is 63.9 Å². The second-order valence-electron chi connectivity index (χ2n) is 5.54. The third-order valence-electron chi connectivity index (χ3n) is 3.76. The van der Waals surface area contributed by atoms with Gasteiger partial charge in [-0.05, 0) is 47.2 Å². The fourth-order valence-corrected chi connectivity index (χ4v) is 3.24. The molecule has 0 saturated carbocycles. The van der Waals surface area contributed by atoms with Crippen LogP contribution in [0.3, 0.4) is 0 Å². The van der Waals surface area contributed by atoms with E-state index in [1.807, 2.05) is 43.3 Å². The van der Waals surface area contributed by atoms with Gasteiger partial charge in [0, 0.05) is 13.1 Å². The van der Waals surface area contributed by atoms with E-state index < -0.39 is 0 Å². The summed E-state index contributed by atoms with van der Waals surface area (Å²) in [6.07, 6.45) is 0. The minimum Gasteiger partial charge on any atom is -0.338 e. The molecule has 26 heavy (non-hydrogen) atoms. The van der Waals surface area contributed by atoms with Gasteiger partial charge in [-0.25, -0.2) is 4.39 Å². The number of para-hydroxylation sites is 1.